The highest BCUT2D eigenvalue weighted by Gasteiger charge is 2.37. The summed E-state index contributed by atoms with van der Waals surface area (Å²) in [6.07, 6.45) is 2.55. The van der Waals surface area contributed by atoms with Gasteiger partial charge in [-0.2, -0.15) is 12.6 Å². The Bertz CT molecular complexity index is 267. The second kappa shape index (κ2) is 6.13. The zero-order valence-electron chi connectivity index (χ0n) is 9.90. The van der Waals surface area contributed by atoms with Crippen molar-refractivity contribution >= 4 is 24.6 Å². The lowest BCUT2D eigenvalue weighted by atomic mass is 10.1. The van der Waals surface area contributed by atoms with Crippen molar-refractivity contribution in [2.75, 3.05) is 12.3 Å². The maximum absolute atomic E-state index is 11.9. The van der Waals surface area contributed by atoms with Gasteiger partial charge in [0, 0.05) is 6.54 Å². The lowest BCUT2D eigenvalue weighted by Crippen LogP contribution is -2.36. The number of nitrogens with zero attached hydrogens (tertiary/aromatic N) is 1. The highest BCUT2D eigenvalue weighted by molar-refractivity contribution is 7.80. The van der Waals surface area contributed by atoms with Gasteiger partial charge in [0.15, 0.2) is 0 Å². The number of thiol groups is 1. The van der Waals surface area contributed by atoms with E-state index < -0.39 is 0 Å². The number of carbonyl (C=O) groups is 2. The summed E-state index contributed by atoms with van der Waals surface area (Å²) in [5.41, 5.74) is 0. The van der Waals surface area contributed by atoms with Crippen molar-refractivity contribution in [3.63, 3.8) is 0 Å². The summed E-state index contributed by atoms with van der Waals surface area (Å²) in [6.45, 7) is 4.54. The molecule has 2 unspecified atom stereocenters. The molecule has 1 N–H and O–H groups in total. The molecular weight excluding hydrogens is 224 g/mol. The molecule has 1 aliphatic rings. The monoisotopic (exact) mass is 244 g/mol. The Morgan fingerprint density at radius 1 is 1.44 bits per heavy atom. The Hall–Kier alpha value is -0.710. The van der Waals surface area contributed by atoms with Gasteiger partial charge in [0.2, 0.25) is 0 Å². The molecule has 0 bridgehead atoms. The van der Waals surface area contributed by atoms with Crippen LogP contribution in [0.15, 0.2) is 0 Å². The van der Waals surface area contributed by atoms with E-state index in [0.717, 1.165) is 19.3 Å². The minimum atomic E-state index is -0.310. The molecule has 1 heterocycles. The highest BCUT2D eigenvalue weighted by atomic mass is 32.1. The van der Waals surface area contributed by atoms with Gasteiger partial charge in [-0.3, -0.25) is 9.69 Å². The van der Waals surface area contributed by atoms with Gasteiger partial charge < -0.3 is 5.32 Å². The summed E-state index contributed by atoms with van der Waals surface area (Å²) in [5.74, 6) is 0.914. The van der Waals surface area contributed by atoms with Crippen LogP contribution >= 0.6 is 12.6 Å². The first kappa shape index (κ1) is 13.4. The molecule has 3 amide bonds. The van der Waals surface area contributed by atoms with Crippen LogP contribution in [0.4, 0.5) is 4.79 Å². The Morgan fingerprint density at radius 2 is 2.12 bits per heavy atom. The normalized spacial score (nSPS) is 22.4. The van der Waals surface area contributed by atoms with Crippen LogP contribution in [-0.2, 0) is 4.79 Å². The van der Waals surface area contributed by atoms with Crippen molar-refractivity contribution in [2.45, 2.75) is 39.2 Å². The molecule has 1 fully saturated rings. The molecule has 0 radical (unpaired) electrons. The molecule has 5 heteroatoms. The third kappa shape index (κ3) is 2.90. The lowest BCUT2D eigenvalue weighted by Gasteiger charge is -2.18. The summed E-state index contributed by atoms with van der Waals surface area (Å²) >= 11 is 4.22. The average molecular weight is 244 g/mol. The topological polar surface area (TPSA) is 49.4 Å². The Kier molecular flexibility index (Phi) is 5.12. The third-order valence-corrected chi connectivity index (χ3v) is 3.48. The number of imide groups is 1. The van der Waals surface area contributed by atoms with Crippen molar-refractivity contribution < 1.29 is 9.59 Å². The molecule has 16 heavy (non-hydrogen) atoms. The van der Waals surface area contributed by atoms with Crippen LogP contribution in [0.2, 0.25) is 0 Å². The maximum Gasteiger partial charge on any atom is 0.324 e. The van der Waals surface area contributed by atoms with E-state index in [9.17, 15) is 9.59 Å². The highest BCUT2D eigenvalue weighted by Crippen LogP contribution is 2.15. The minimum absolute atomic E-state index is 0.0768. The van der Waals surface area contributed by atoms with E-state index in [-0.39, 0.29) is 18.0 Å². The van der Waals surface area contributed by atoms with Gasteiger partial charge >= 0.3 is 6.03 Å². The van der Waals surface area contributed by atoms with Crippen LogP contribution in [0.25, 0.3) is 0 Å². The van der Waals surface area contributed by atoms with Crippen molar-refractivity contribution in [1.29, 1.82) is 0 Å². The predicted octanol–water partition coefficient (Wildman–Crippen LogP) is 1.66. The van der Waals surface area contributed by atoms with E-state index in [1.54, 1.807) is 0 Å². The quantitative estimate of drug-likeness (QED) is 0.551. The average Bonchev–Trinajstić information content (AvgIpc) is 2.53. The Balaban J connectivity index is 2.60. The summed E-state index contributed by atoms with van der Waals surface area (Å²) < 4.78 is 0. The number of nitrogens with one attached hydrogen (secondary N) is 1. The smallest absolute Gasteiger partial charge is 0.324 e. The molecular formula is C11H20N2O2S. The number of hydrogen-bond donors (Lipinski definition) is 2. The van der Waals surface area contributed by atoms with Crippen LogP contribution < -0.4 is 5.32 Å². The van der Waals surface area contributed by atoms with Crippen molar-refractivity contribution in [3.05, 3.63) is 0 Å². The van der Waals surface area contributed by atoms with Crippen LogP contribution in [0.3, 0.4) is 0 Å². The fourth-order valence-electron chi connectivity index (χ4n) is 1.81. The van der Waals surface area contributed by atoms with E-state index in [4.69, 9.17) is 0 Å². The molecule has 1 saturated heterocycles. The molecule has 4 nitrogen and oxygen atoms in total. The second-order valence-electron chi connectivity index (χ2n) is 4.20. The van der Waals surface area contributed by atoms with Crippen LogP contribution in [0, 0.1) is 5.92 Å². The summed E-state index contributed by atoms with van der Waals surface area (Å²) in [5, 5.41) is 2.72. The van der Waals surface area contributed by atoms with Crippen molar-refractivity contribution in [3.8, 4) is 0 Å². The number of rotatable bonds is 6. The molecule has 0 spiro atoms. The predicted molar refractivity (Wildman–Crippen MR) is 66.6 cm³/mol. The molecule has 0 saturated carbocycles. The molecule has 1 aliphatic heterocycles. The van der Waals surface area contributed by atoms with Crippen LogP contribution in [-0.4, -0.2) is 35.2 Å². The summed E-state index contributed by atoms with van der Waals surface area (Å²) in [6, 6.07) is -0.557. The summed E-state index contributed by atoms with van der Waals surface area (Å²) in [4.78, 5) is 24.8. The molecule has 2 atom stereocenters. The van der Waals surface area contributed by atoms with Gasteiger partial charge in [-0.25, -0.2) is 4.79 Å². The van der Waals surface area contributed by atoms with Gasteiger partial charge in [0.1, 0.15) is 6.04 Å². The fourth-order valence-corrected chi connectivity index (χ4v) is 2.18. The number of hydrogen-bond acceptors (Lipinski definition) is 3. The third-order valence-electron chi connectivity index (χ3n) is 2.96. The number of carbonyl (C=O) groups excluding carboxylic acids is 2. The van der Waals surface area contributed by atoms with Crippen molar-refractivity contribution in [2.24, 2.45) is 5.92 Å². The number of amides is 3. The minimum Gasteiger partial charge on any atom is -0.326 e. The molecule has 0 aromatic rings. The van der Waals surface area contributed by atoms with E-state index in [0.29, 0.717) is 18.2 Å². The molecule has 0 aliphatic carbocycles. The molecule has 1 rings (SSSR count). The van der Waals surface area contributed by atoms with Gasteiger partial charge in [-0.1, -0.05) is 26.7 Å². The first-order valence-electron chi connectivity index (χ1n) is 5.86. The van der Waals surface area contributed by atoms with E-state index in [1.807, 2.05) is 13.8 Å². The molecule has 0 aromatic carbocycles. The lowest BCUT2D eigenvalue weighted by molar-refractivity contribution is -0.128. The van der Waals surface area contributed by atoms with Gasteiger partial charge in [-0.15, -0.1) is 0 Å². The first-order valence-corrected chi connectivity index (χ1v) is 6.49. The maximum atomic E-state index is 11.9. The van der Waals surface area contributed by atoms with Crippen LogP contribution in [0.1, 0.15) is 33.1 Å². The SMILES string of the molecule is CCCC1NC(=O)N(CC(CC)CS)C1=O. The molecule has 0 aromatic heterocycles. The first-order chi connectivity index (χ1) is 7.63. The Morgan fingerprint density at radius 3 is 2.62 bits per heavy atom. The van der Waals surface area contributed by atoms with Gasteiger partial charge in [0.25, 0.3) is 5.91 Å². The fraction of sp³-hybridized carbons (Fsp3) is 0.818. The van der Waals surface area contributed by atoms with Crippen molar-refractivity contribution in [1.82, 2.24) is 10.2 Å². The summed E-state index contributed by atoms with van der Waals surface area (Å²) in [7, 11) is 0. The van der Waals surface area contributed by atoms with Crippen LogP contribution in [0.5, 0.6) is 0 Å². The zero-order chi connectivity index (χ0) is 12.1. The Labute approximate surface area is 102 Å². The second-order valence-corrected chi connectivity index (χ2v) is 4.56. The van der Waals surface area contributed by atoms with Gasteiger partial charge in [0.05, 0.1) is 0 Å². The number of urea groups is 1. The standard InChI is InChI=1S/C11H20N2O2S/c1-3-5-9-10(14)13(11(15)12-9)6-8(4-2)7-16/h8-9,16H,3-7H2,1-2H3,(H,12,15). The zero-order valence-corrected chi connectivity index (χ0v) is 10.8. The molecule has 92 valence electrons. The van der Waals surface area contributed by atoms with Gasteiger partial charge in [-0.05, 0) is 18.1 Å². The largest absolute Gasteiger partial charge is 0.326 e. The van der Waals surface area contributed by atoms with E-state index in [1.165, 1.54) is 4.90 Å². The van der Waals surface area contributed by atoms with E-state index in [2.05, 4.69) is 17.9 Å². The van der Waals surface area contributed by atoms with E-state index >= 15 is 0 Å².